The molecule has 0 saturated heterocycles. The lowest BCUT2D eigenvalue weighted by atomic mass is 9.85. The van der Waals surface area contributed by atoms with Crippen molar-refractivity contribution in [2.75, 3.05) is 0 Å². The quantitative estimate of drug-likeness (QED) is 0.226. The van der Waals surface area contributed by atoms with Gasteiger partial charge in [-0.1, -0.05) is 108 Å². The Morgan fingerprint density at radius 3 is 1.82 bits per heavy atom. The molecule has 0 spiro atoms. The molecule has 2 heteroatoms. The van der Waals surface area contributed by atoms with Crippen molar-refractivity contribution < 1.29 is 4.42 Å². The highest BCUT2D eigenvalue weighted by Crippen LogP contribution is 2.46. The Balaban J connectivity index is 1.52. The van der Waals surface area contributed by atoms with E-state index in [4.69, 9.17) is 9.40 Å². The number of rotatable bonds is 3. The maximum Gasteiger partial charge on any atom is 0.227 e. The van der Waals surface area contributed by atoms with Gasteiger partial charge in [-0.2, -0.15) is 0 Å². The van der Waals surface area contributed by atoms with E-state index in [0.29, 0.717) is 5.89 Å². The molecule has 0 atom stereocenters. The summed E-state index contributed by atoms with van der Waals surface area (Å²) in [5.41, 5.74) is 10.1. The Labute approximate surface area is 226 Å². The van der Waals surface area contributed by atoms with E-state index in [1.54, 1.807) is 0 Å². The molecule has 184 valence electrons. The van der Waals surface area contributed by atoms with Gasteiger partial charge in [-0.25, -0.2) is 4.98 Å². The van der Waals surface area contributed by atoms with Crippen LogP contribution in [0.15, 0.2) is 120 Å². The summed E-state index contributed by atoms with van der Waals surface area (Å²) in [5.74, 6) is 0.654. The van der Waals surface area contributed by atoms with E-state index in [9.17, 15) is 0 Å². The highest BCUT2D eigenvalue weighted by atomic mass is 16.3. The van der Waals surface area contributed by atoms with Gasteiger partial charge in [0, 0.05) is 5.56 Å². The van der Waals surface area contributed by atoms with Gasteiger partial charge in [0.05, 0.1) is 0 Å². The van der Waals surface area contributed by atoms with E-state index in [-0.39, 0.29) is 0 Å². The van der Waals surface area contributed by atoms with Gasteiger partial charge in [0.1, 0.15) is 5.52 Å². The lowest BCUT2D eigenvalue weighted by molar-refractivity contribution is 0.620. The van der Waals surface area contributed by atoms with Crippen molar-refractivity contribution in [2.45, 2.75) is 13.8 Å². The van der Waals surface area contributed by atoms with Crippen LogP contribution in [0.5, 0.6) is 0 Å². The van der Waals surface area contributed by atoms with Crippen LogP contribution in [0.1, 0.15) is 11.1 Å². The number of nitrogens with zero attached hydrogens (tertiary/aromatic N) is 1. The zero-order chi connectivity index (χ0) is 26.1. The van der Waals surface area contributed by atoms with Gasteiger partial charge in [0.15, 0.2) is 5.58 Å². The fourth-order valence-electron chi connectivity index (χ4n) is 6.02. The summed E-state index contributed by atoms with van der Waals surface area (Å²) in [6.07, 6.45) is 0. The zero-order valence-electron chi connectivity index (χ0n) is 21.8. The first-order valence-corrected chi connectivity index (χ1v) is 13.4. The summed E-state index contributed by atoms with van der Waals surface area (Å²) in [6.45, 7) is 4.26. The molecule has 1 aromatic heterocycles. The van der Waals surface area contributed by atoms with Gasteiger partial charge >= 0.3 is 0 Å². The Bertz CT molecular complexity index is 2130. The molecule has 39 heavy (non-hydrogen) atoms. The highest BCUT2D eigenvalue weighted by molar-refractivity contribution is 6.29. The molecule has 8 aromatic rings. The first-order valence-electron chi connectivity index (χ1n) is 13.4. The minimum Gasteiger partial charge on any atom is -0.436 e. The van der Waals surface area contributed by atoms with Crippen molar-refractivity contribution in [2.24, 2.45) is 0 Å². The number of para-hydroxylation sites is 2. The highest BCUT2D eigenvalue weighted by Gasteiger charge is 2.20. The van der Waals surface area contributed by atoms with E-state index in [1.165, 1.54) is 60.3 Å². The molecule has 0 unspecified atom stereocenters. The van der Waals surface area contributed by atoms with Crippen molar-refractivity contribution >= 4 is 43.4 Å². The predicted molar refractivity (Wildman–Crippen MR) is 163 cm³/mol. The first-order chi connectivity index (χ1) is 19.1. The largest absolute Gasteiger partial charge is 0.436 e. The second-order valence-corrected chi connectivity index (χ2v) is 10.6. The Morgan fingerprint density at radius 2 is 1.10 bits per heavy atom. The molecule has 0 aliphatic rings. The van der Waals surface area contributed by atoms with Crippen LogP contribution in [-0.2, 0) is 0 Å². The van der Waals surface area contributed by atoms with E-state index in [0.717, 1.165) is 22.0 Å². The van der Waals surface area contributed by atoms with E-state index >= 15 is 0 Å². The normalized spacial score (nSPS) is 11.8. The summed E-state index contributed by atoms with van der Waals surface area (Å²) in [4.78, 5) is 4.92. The third-order valence-corrected chi connectivity index (χ3v) is 8.03. The molecular weight excluding hydrogens is 474 g/mol. The molecule has 0 amide bonds. The van der Waals surface area contributed by atoms with Crippen LogP contribution < -0.4 is 0 Å². The van der Waals surface area contributed by atoms with Crippen molar-refractivity contribution in [3.8, 4) is 33.7 Å². The average molecular weight is 500 g/mol. The summed E-state index contributed by atoms with van der Waals surface area (Å²) in [6, 6.07) is 41.5. The standard InChI is InChI=1S/C37H25NO/c1-22-7-11-24(12-8-22)27-17-15-26-16-18-29-31(25-13-9-23(2)10-14-25)21-32(30-20-19-28(27)35(26)36(29)30)37-38-33-5-3-4-6-34(33)39-37/h3-21H,1-2H3. The number of fused-ring (bicyclic) bond motifs is 1. The van der Waals surface area contributed by atoms with Crippen LogP contribution in [0.4, 0.5) is 0 Å². The van der Waals surface area contributed by atoms with Crippen LogP contribution in [0, 0.1) is 13.8 Å². The van der Waals surface area contributed by atoms with Crippen molar-refractivity contribution in [3.63, 3.8) is 0 Å². The van der Waals surface area contributed by atoms with E-state index < -0.39 is 0 Å². The molecule has 0 N–H and O–H groups in total. The van der Waals surface area contributed by atoms with Crippen molar-refractivity contribution in [3.05, 3.63) is 126 Å². The van der Waals surface area contributed by atoms with Gasteiger partial charge in [0.2, 0.25) is 5.89 Å². The molecule has 0 radical (unpaired) electrons. The number of hydrogen-bond donors (Lipinski definition) is 0. The average Bonchev–Trinajstić information content (AvgIpc) is 3.41. The maximum absolute atomic E-state index is 6.35. The van der Waals surface area contributed by atoms with Gasteiger partial charge in [-0.3, -0.25) is 0 Å². The third-order valence-electron chi connectivity index (χ3n) is 8.03. The molecule has 2 nitrogen and oxygen atoms in total. The number of aryl methyl sites for hydroxylation is 2. The van der Waals surface area contributed by atoms with Crippen molar-refractivity contribution in [1.29, 1.82) is 0 Å². The molecule has 0 aliphatic carbocycles. The van der Waals surface area contributed by atoms with Crippen molar-refractivity contribution in [1.82, 2.24) is 4.98 Å². The number of aromatic nitrogens is 1. The molecular formula is C37H25NO. The molecule has 0 fully saturated rings. The second kappa shape index (κ2) is 8.28. The van der Waals surface area contributed by atoms with Gasteiger partial charge in [-0.05, 0) is 86.6 Å². The lowest BCUT2D eigenvalue weighted by Gasteiger charge is -2.18. The zero-order valence-corrected chi connectivity index (χ0v) is 21.8. The third kappa shape index (κ3) is 3.38. The topological polar surface area (TPSA) is 26.0 Å². The summed E-state index contributed by atoms with van der Waals surface area (Å²) in [7, 11) is 0. The van der Waals surface area contributed by atoms with Crippen LogP contribution in [0.3, 0.4) is 0 Å². The molecule has 7 aromatic carbocycles. The molecule has 8 rings (SSSR count). The summed E-state index contributed by atoms with van der Waals surface area (Å²) >= 11 is 0. The molecule has 0 bridgehead atoms. The monoisotopic (exact) mass is 499 g/mol. The fraction of sp³-hybridized carbons (Fsp3) is 0.0541. The first kappa shape index (κ1) is 22.1. The SMILES string of the molecule is Cc1ccc(-c2ccc3ccc4c(-c5ccc(C)cc5)cc(-c5nc6ccccc6o5)c5ccc2c3c45)cc1. The van der Waals surface area contributed by atoms with Gasteiger partial charge in [-0.15, -0.1) is 0 Å². The van der Waals surface area contributed by atoms with E-state index in [1.807, 2.05) is 24.3 Å². The molecule has 0 aliphatic heterocycles. The minimum absolute atomic E-state index is 0.654. The van der Waals surface area contributed by atoms with Crippen LogP contribution in [0.25, 0.3) is 77.1 Å². The summed E-state index contributed by atoms with van der Waals surface area (Å²) in [5, 5.41) is 7.45. The minimum atomic E-state index is 0.654. The summed E-state index contributed by atoms with van der Waals surface area (Å²) < 4.78 is 6.35. The number of hydrogen-bond acceptors (Lipinski definition) is 2. The van der Waals surface area contributed by atoms with Crippen LogP contribution in [-0.4, -0.2) is 4.98 Å². The Hall–Kier alpha value is -4.95. The predicted octanol–water partition coefficient (Wildman–Crippen LogP) is 10.3. The smallest absolute Gasteiger partial charge is 0.227 e. The molecule has 1 heterocycles. The maximum atomic E-state index is 6.35. The van der Waals surface area contributed by atoms with Crippen LogP contribution >= 0.6 is 0 Å². The number of oxazole rings is 1. The Morgan fingerprint density at radius 1 is 0.513 bits per heavy atom. The fourth-order valence-corrected chi connectivity index (χ4v) is 6.02. The van der Waals surface area contributed by atoms with Crippen LogP contribution in [0.2, 0.25) is 0 Å². The van der Waals surface area contributed by atoms with Gasteiger partial charge < -0.3 is 4.42 Å². The molecule has 0 saturated carbocycles. The second-order valence-electron chi connectivity index (χ2n) is 10.6. The Kier molecular flexibility index (Phi) is 4.68. The van der Waals surface area contributed by atoms with Gasteiger partial charge in [0.25, 0.3) is 0 Å². The van der Waals surface area contributed by atoms with E-state index in [2.05, 4.69) is 105 Å². The number of benzene rings is 7. The lowest BCUT2D eigenvalue weighted by Crippen LogP contribution is -1.92.